The topological polar surface area (TPSA) is 45.0 Å². The molecule has 0 fully saturated rings. The van der Waals surface area contributed by atoms with Crippen molar-refractivity contribution in [3.63, 3.8) is 0 Å². The summed E-state index contributed by atoms with van der Waals surface area (Å²) in [5.74, 6) is 0.714. The van der Waals surface area contributed by atoms with Gasteiger partial charge in [0.05, 0.1) is 0 Å². The number of anilines is 1. The van der Waals surface area contributed by atoms with Crippen molar-refractivity contribution in [1.29, 1.82) is 5.26 Å². The Bertz CT molecular complexity index is 647. The summed E-state index contributed by atoms with van der Waals surface area (Å²) in [6, 6.07) is 16.2. The van der Waals surface area contributed by atoms with Gasteiger partial charge in [-0.15, -0.1) is 0 Å². The molecule has 0 saturated carbocycles. The van der Waals surface area contributed by atoms with Crippen molar-refractivity contribution in [2.24, 2.45) is 0 Å². The number of hydrogen-bond acceptors (Lipinski definition) is 3. The Balaban J connectivity index is 2.04. The molecule has 2 aromatic carbocycles. The Kier molecular flexibility index (Phi) is 5.24. The number of aryl methyl sites for hydroxylation is 1. The molecule has 0 aliphatic carbocycles. The lowest BCUT2D eigenvalue weighted by Crippen LogP contribution is -2.06. The maximum absolute atomic E-state index is 8.49. The van der Waals surface area contributed by atoms with Crippen molar-refractivity contribution in [2.45, 2.75) is 19.9 Å². The molecule has 108 valence electrons. The lowest BCUT2D eigenvalue weighted by molar-refractivity contribution is 0.368. The van der Waals surface area contributed by atoms with Gasteiger partial charge in [-0.1, -0.05) is 34.1 Å². The van der Waals surface area contributed by atoms with Crippen molar-refractivity contribution >= 4 is 21.6 Å². The number of rotatable bonds is 5. The van der Waals surface area contributed by atoms with Crippen LogP contribution in [0.25, 0.3) is 0 Å². The number of benzene rings is 2. The predicted octanol–water partition coefficient (Wildman–Crippen LogP) is 4.83. The Morgan fingerprint density at radius 1 is 1.24 bits per heavy atom. The van der Waals surface area contributed by atoms with Crippen LogP contribution in [0.5, 0.6) is 5.75 Å². The highest BCUT2D eigenvalue weighted by Gasteiger charge is 2.06. The van der Waals surface area contributed by atoms with Gasteiger partial charge in [0.1, 0.15) is 11.8 Å². The molecule has 0 saturated heterocycles. The van der Waals surface area contributed by atoms with Crippen molar-refractivity contribution in [3.8, 4) is 11.8 Å². The van der Waals surface area contributed by atoms with E-state index in [1.807, 2.05) is 30.3 Å². The molecule has 0 aliphatic rings. The fraction of sp³-hybridized carbons (Fsp3) is 0.235. The van der Waals surface area contributed by atoms with Gasteiger partial charge in [-0.2, -0.15) is 5.26 Å². The van der Waals surface area contributed by atoms with E-state index >= 15 is 0 Å². The van der Waals surface area contributed by atoms with Gasteiger partial charge in [0.15, 0.2) is 6.61 Å². The zero-order chi connectivity index (χ0) is 15.2. The average Bonchev–Trinajstić information content (AvgIpc) is 2.49. The summed E-state index contributed by atoms with van der Waals surface area (Å²) in [6.45, 7) is 4.25. The minimum atomic E-state index is 0.0740. The molecule has 0 aliphatic heterocycles. The Hall–Kier alpha value is -1.99. The number of ether oxygens (including phenoxy) is 1. The van der Waals surface area contributed by atoms with Gasteiger partial charge in [0.2, 0.25) is 0 Å². The van der Waals surface area contributed by atoms with Crippen molar-refractivity contribution in [3.05, 3.63) is 58.1 Å². The fourth-order valence-electron chi connectivity index (χ4n) is 1.98. The number of nitrogens with one attached hydrogen (secondary N) is 1. The molecule has 2 aromatic rings. The molecule has 0 radical (unpaired) electrons. The highest BCUT2D eigenvalue weighted by Crippen LogP contribution is 2.25. The van der Waals surface area contributed by atoms with E-state index in [0.29, 0.717) is 5.75 Å². The van der Waals surface area contributed by atoms with E-state index in [-0.39, 0.29) is 12.6 Å². The quantitative estimate of drug-likeness (QED) is 0.844. The van der Waals surface area contributed by atoms with Crippen LogP contribution in [0.15, 0.2) is 46.9 Å². The van der Waals surface area contributed by atoms with Crippen LogP contribution < -0.4 is 10.1 Å². The van der Waals surface area contributed by atoms with Gasteiger partial charge in [-0.05, 0) is 49.2 Å². The van der Waals surface area contributed by atoms with Crippen molar-refractivity contribution in [2.75, 3.05) is 11.9 Å². The minimum Gasteiger partial charge on any atom is -0.479 e. The van der Waals surface area contributed by atoms with Crippen LogP contribution in [0.2, 0.25) is 0 Å². The molecule has 1 N–H and O–H groups in total. The van der Waals surface area contributed by atoms with Crippen LogP contribution in [0.1, 0.15) is 24.1 Å². The van der Waals surface area contributed by atoms with Crippen LogP contribution in [-0.2, 0) is 0 Å². The molecule has 0 aromatic heterocycles. The zero-order valence-electron chi connectivity index (χ0n) is 12.1. The van der Waals surface area contributed by atoms with E-state index in [0.717, 1.165) is 15.7 Å². The molecule has 3 nitrogen and oxygen atoms in total. The van der Waals surface area contributed by atoms with E-state index < -0.39 is 0 Å². The van der Waals surface area contributed by atoms with Crippen LogP contribution in [0, 0.1) is 18.3 Å². The van der Waals surface area contributed by atoms with Gasteiger partial charge >= 0.3 is 0 Å². The number of halogens is 1. The summed E-state index contributed by atoms with van der Waals surface area (Å²) in [6.07, 6.45) is 0. The molecule has 4 heteroatoms. The fourth-order valence-corrected chi connectivity index (χ4v) is 2.36. The first-order valence-electron chi connectivity index (χ1n) is 6.72. The van der Waals surface area contributed by atoms with E-state index in [9.17, 15) is 0 Å². The third-order valence-electron chi connectivity index (χ3n) is 3.24. The largest absolute Gasteiger partial charge is 0.479 e. The minimum absolute atomic E-state index is 0.0740. The smallest absolute Gasteiger partial charge is 0.174 e. The first-order chi connectivity index (χ1) is 10.1. The maximum atomic E-state index is 8.49. The van der Waals surface area contributed by atoms with Crippen LogP contribution >= 0.6 is 15.9 Å². The molecule has 1 unspecified atom stereocenters. The monoisotopic (exact) mass is 344 g/mol. The highest BCUT2D eigenvalue weighted by atomic mass is 79.9. The molecular weight excluding hydrogens is 328 g/mol. The van der Waals surface area contributed by atoms with Crippen LogP contribution in [-0.4, -0.2) is 6.61 Å². The molecular formula is C17H17BrN2O. The third-order valence-corrected chi connectivity index (χ3v) is 4.09. The van der Waals surface area contributed by atoms with Gasteiger partial charge in [-0.25, -0.2) is 0 Å². The molecule has 0 amide bonds. The first kappa shape index (κ1) is 15.4. The van der Waals surface area contributed by atoms with Gasteiger partial charge in [0.25, 0.3) is 0 Å². The van der Waals surface area contributed by atoms with Gasteiger partial charge in [0, 0.05) is 16.2 Å². The van der Waals surface area contributed by atoms with E-state index in [1.165, 1.54) is 5.56 Å². The maximum Gasteiger partial charge on any atom is 0.174 e. The standard InChI is InChI=1S/C17H17BrN2O/c1-12-3-6-15(11-17(12)18)20-13(2)14-4-7-16(8-5-14)21-10-9-19/h3-8,11,13,20H,10H2,1-2H3. The van der Waals surface area contributed by atoms with Gasteiger partial charge in [-0.3, -0.25) is 0 Å². The molecule has 0 spiro atoms. The second-order valence-corrected chi connectivity index (χ2v) is 5.70. The number of hydrogen-bond donors (Lipinski definition) is 1. The highest BCUT2D eigenvalue weighted by molar-refractivity contribution is 9.10. The second-order valence-electron chi connectivity index (χ2n) is 4.85. The van der Waals surface area contributed by atoms with Gasteiger partial charge < -0.3 is 10.1 Å². The lowest BCUT2D eigenvalue weighted by atomic mass is 10.1. The molecule has 21 heavy (non-hydrogen) atoms. The summed E-state index contributed by atoms with van der Waals surface area (Å²) in [5, 5.41) is 12.0. The van der Waals surface area contributed by atoms with E-state index in [2.05, 4.69) is 53.3 Å². The predicted molar refractivity (Wildman–Crippen MR) is 88.5 cm³/mol. The Morgan fingerprint density at radius 2 is 1.95 bits per heavy atom. The summed E-state index contributed by atoms with van der Waals surface area (Å²) < 4.78 is 6.35. The summed E-state index contributed by atoms with van der Waals surface area (Å²) in [5.41, 5.74) is 3.45. The van der Waals surface area contributed by atoms with Crippen LogP contribution in [0.3, 0.4) is 0 Å². The normalized spacial score (nSPS) is 11.5. The average molecular weight is 345 g/mol. The van der Waals surface area contributed by atoms with E-state index in [1.54, 1.807) is 0 Å². The van der Waals surface area contributed by atoms with Crippen molar-refractivity contribution in [1.82, 2.24) is 0 Å². The van der Waals surface area contributed by atoms with E-state index in [4.69, 9.17) is 10.00 Å². The summed E-state index contributed by atoms with van der Waals surface area (Å²) >= 11 is 3.54. The lowest BCUT2D eigenvalue weighted by Gasteiger charge is -2.17. The molecule has 1 atom stereocenters. The number of nitrogens with zero attached hydrogens (tertiary/aromatic N) is 1. The second kappa shape index (κ2) is 7.14. The van der Waals surface area contributed by atoms with Crippen molar-refractivity contribution < 1.29 is 4.74 Å². The molecule has 0 bridgehead atoms. The molecule has 2 rings (SSSR count). The summed E-state index contributed by atoms with van der Waals surface area (Å²) in [4.78, 5) is 0. The number of nitriles is 1. The molecule has 0 heterocycles. The zero-order valence-corrected chi connectivity index (χ0v) is 13.6. The Labute approximate surface area is 133 Å². The third kappa shape index (κ3) is 4.24. The summed E-state index contributed by atoms with van der Waals surface area (Å²) in [7, 11) is 0. The SMILES string of the molecule is Cc1ccc(NC(C)c2ccc(OCC#N)cc2)cc1Br. The first-order valence-corrected chi connectivity index (χ1v) is 7.52. The van der Waals surface area contributed by atoms with Crippen LogP contribution in [0.4, 0.5) is 5.69 Å². The Morgan fingerprint density at radius 3 is 2.57 bits per heavy atom.